The number of aryl methyl sites for hydroxylation is 1. The minimum atomic E-state index is -0.517. The molecule has 4 aromatic rings. The van der Waals surface area contributed by atoms with Gasteiger partial charge in [-0.25, -0.2) is 4.98 Å². The Hall–Kier alpha value is -3.43. The molecule has 2 aromatic heterocycles. The van der Waals surface area contributed by atoms with Crippen LogP contribution >= 0.6 is 23.1 Å². The Kier molecular flexibility index (Phi) is 6.21. The molecule has 5 rings (SSSR count). The normalized spacial score (nSPS) is 12.9. The Morgan fingerprint density at radius 2 is 1.79 bits per heavy atom. The second kappa shape index (κ2) is 9.44. The zero-order valence-corrected chi connectivity index (χ0v) is 19.9. The second-order valence-corrected chi connectivity index (χ2v) is 10.1. The number of rotatable bonds is 6. The maximum Gasteiger partial charge on any atom is 0.266 e. The van der Waals surface area contributed by atoms with Crippen LogP contribution in [0.1, 0.15) is 33.6 Å². The van der Waals surface area contributed by atoms with Gasteiger partial charge in [-0.05, 0) is 55.5 Å². The van der Waals surface area contributed by atoms with E-state index in [1.165, 1.54) is 27.7 Å². The molecule has 0 bridgehead atoms. The highest BCUT2D eigenvalue weighted by molar-refractivity contribution is 7.99. The summed E-state index contributed by atoms with van der Waals surface area (Å²) in [6.45, 7) is 0. The molecule has 172 valence electrons. The fourth-order valence-electron chi connectivity index (χ4n) is 4.22. The first-order valence-corrected chi connectivity index (χ1v) is 12.8. The number of thioether (sulfide) groups is 1. The van der Waals surface area contributed by atoms with E-state index in [0.29, 0.717) is 32.3 Å². The lowest BCUT2D eigenvalue weighted by Gasteiger charge is -2.13. The van der Waals surface area contributed by atoms with Gasteiger partial charge in [0.05, 0.1) is 27.9 Å². The number of carbonyl (C=O) groups is 2. The van der Waals surface area contributed by atoms with E-state index in [1.807, 2.05) is 36.4 Å². The average Bonchev–Trinajstić information content (AvgIpc) is 3.21. The van der Waals surface area contributed by atoms with Gasteiger partial charge in [-0.15, -0.1) is 11.3 Å². The number of benzene rings is 2. The molecule has 3 N–H and O–H groups in total. The SMILES string of the molecule is NC(=O)c1c(NC(=O)CSc2nc3ccccc3c(=O)n2-c2ccccc2)sc2c1CCCC2. The summed E-state index contributed by atoms with van der Waals surface area (Å²) in [5.41, 5.74) is 8.10. The van der Waals surface area contributed by atoms with Gasteiger partial charge in [0.2, 0.25) is 5.91 Å². The number of amides is 2. The molecule has 1 aliphatic rings. The summed E-state index contributed by atoms with van der Waals surface area (Å²) in [4.78, 5) is 44.0. The van der Waals surface area contributed by atoms with Crippen LogP contribution in [0, 0.1) is 0 Å². The molecule has 0 aliphatic heterocycles. The lowest BCUT2D eigenvalue weighted by atomic mass is 9.95. The number of nitrogens with one attached hydrogen (secondary N) is 1. The van der Waals surface area contributed by atoms with Crippen molar-refractivity contribution in [2.75, 3.05) is 11.1 Å². The first-order valence-electron chi connectivity index (χ1n) is 11.0. The quantitative estimate of drug-likeness (QED) is 0.312. The summed E-state index contributed by atoms with van der Waals surface area (Å²) in [5.74, 6) is -0.775. The summed E-state index contributed by atoms with van der Waals surface area (Å²) >= 11 is 2.61. The number of aromatic nitrogens is 2. The van der Waals surface area contributed by atoms with Crippen molar-refractivity contribution >= 4 is 50.8 Å². The van der Waals surface area contributed by atoms with Gasteiger partial charge in [0.15, 0.2) is 5.16 Å². The van der Waals surface area contributed by atoms with E-state index in [4.69, 9.17) is 5.73 Å². The number of hydrogen-bond acceptors (Lipinski definition) is 6. The van der Waals surface area contributed by atoms with Crippen LogP contribution in [0.15, 0.2) is 64.5 Å². The van der Waals surface area contributed by atoms with E-state index in [0.717, 1.165) is 36.1 Å². The van der Waals surface area contributed by atoms with Crippen LogP contribution in [0.25, 0.3) is 16.6 Å². The highest BCUT2D eigenvalue weighted by atomic mass is 32.2. The highest BCUT2D eigenvalue weighted by Gasteiger charge is 2.25. The second-order valence-electron chi connectivity index (χ2n) is 8.00. The van der Waals surface area contributed by atoms with Crippen molar-refractivity contribution in [3.8, 4) is 5.69 Å². The standard InChI is InChI=1S/C25H22N4O3S2/c26-22(31)21-17-11-5-7-13-19(17)34-23(21)28-20(30)14-33-25-27-18-12-6-4-10-16(18)24(32)29(25)15-8-2-1-3-9-15/h1-4,6,8-10,12H,5,7,11,13-14H2,(H2,26,31)(H,28,30). The molecule has 7 nitrogen and oxygen atoms in total. The van der Waals surface area contributed by atoms with Crippen molar-refractivity contribution in [1.82, 2.24) is 9.55 Å². The van der Waals surface area contributed by atoms with Gasteiger partial charge in [0, 0.05) is 4.88 Å². The van der Waals surface area contributed by atoms with Crippen LogP contribution in [-0.2, 0) is 17.6 Å². The van der Waals surface area contributed by atoms with Gasteiger partial charge in [-0.2, -0.15) is 0 Å². The number of carbonyl (C=O) groups excluding carboxylic acids is 2. The number of hydrogen-bond donors (Lipinski definition) is 2. The van der Waals surface area contributed by atoms with E-state index in [-0.39, 0.29) is 17.2 Å². The Balaban J connectivity index is 1.44. The Labute approximate surface area is 204 Å². The van der Waals surface area contributed by atoms with E-state index >= 15 is 0 Å². The number of anilines is 1. The Morgan fingerprint density at radius 1 is 1.06 bits per heavy atom. The first kappa shape index (κ1) is 22.4. The van der Waals surface area contributed by atoms with Gasteiger partial charge in [-0.3, -0.25) is 19.0 Å². The van der Waals surface area contributed by atoms with Crippen molar-refractivity contribution in [1.29, 1.82) is 0 Å². The lowest BCUT2D eigenvalue weighted by molar-refractivity contribution is -0.113. The maximum absolute atomic E-state index is 13.3. The number of fused-ring (bicyclic) bond motifs is 2. The lowest BCUT2D eigenvalue weighted by Crippen LogP contribution is -2.23. The van der Waals surface area contributed by atoms with Gasteiger partial charge in [-0.1, -0.05) is 42.1 Å². The van der Waals surface area contributed by atoms with E-state index in [9.17, 15) is 14.4 Å². The van der Waals surface area contributed by atoms with Crippen LogP contribution in [0.4, 0.5) is 5.00 Å². The minimum Gasteiger partial charge on any atom is -0.365 e. The molecule has 0 atom stereocenters. The van der Waals surface area contributed by atoms with Crippen molar-refractivity contribution in [2.24, 2.45) is 5.73 Å². The van der Waals surface area contributed by atoms with Crippen molar-refractivity contribution in [3.05, 3.63) is 81.0 Å². The largest absolute Gasteiger partial charge is 0.365 e. The average molecular weight is 491 g/mol. The fourth-order valence-corrected chi connectivity index (χ4v) is 6.34. The molecular formula is C25H22N4O3S2. The van der Waals surface area contributed by atoms with Crippen LogP contribution < -0.4 is 16.6 Å². The third kappa shape index (κ3) is 4.24. The molecule has 2 amide bonds. The molecule has 0 radical (unpaired) electrons. The molecule has 0 spiro atoms. The number of para-hydroxylation sites is 2. The zero-order chi connectivity index (χ0) is 23.7. The van der Waals surface area contributed by atoms with Gasteiger partial charge in [0.25, 0.3) is 11.5 Å². The monoisotopic (exact) mass is 490 g/mol. The summed E-state index contributed by atoms with van der Waals surface area (Å²) < 4.78 is 1.53. The molecule has 2 heterocycles. The fraction of sp³-hybridized carbons (Fsp3) is 0.200. The van der Waals surface area contributed by atoms with Crippen LogP contribution in [0.2, 0.25) is 0 Å². The van der Waals surface area contributed by atoms with Crippen molar-refractivity contribution in [3.63, 3.8) is 0 Å². The third-order valence-electron chi connectivity index (χ3n) is 5.76. The zero-order valence-electron chi connectivity index (χ0n) is 18.2. The molecule has 2 aromatic carbocycles. The van der Waals surface area contributed by atoms with Crippen LogP contribution in [-0.4, -0.2) is 27.1 Å². The Bertz CT molecular complexity index is 1460. The van der Waals surface area contributed by atoms with Gasteiger partial charge in [0.1, 0.15) is 5.00 Å². The number of nitrogens with zero attached hydrogens (tertiary/aromatic N) is 2. The smallest absolute Gasteiger partial charge is 0.266 e. The number of thiophene rings is 1. The van der Waals surface area contributed by atoms with E-state index < -0.39 is 5.91 Å². The predicted octanol–water partition coefficient (Wildman–Crippen LogP) is 4.16. The highest BCUT2D eigenvalue weighted by Crippen LogP contribution is 2.38. The molecule has 0 saturated carbocycles. The van der Waals surface area contributed by atoms with Crippen LogP contribution in [0.3, 0.4) is 0 Å². The molecular weight excluding hydrogens is 468 g/mol. The molecule has 0 unspecified atom stereocenters. The van der Waals surface area contributed by atoms with E-state index in [2.05, 4.69) is 10.3 Å². The van der Waals surface area contributed by atoms with Crippen molar-refractivity contribution < 1.29 is 9.59 Å². The van der Waals surface area contributed by atoms with Gasteiger partial charge < -0.3 is 11.1 Å². The minimum absolute atomic E-state index is 0.0262. The molecule has 0 fully saturated rings. The van der Waals surface area contributed by atoms with Gasteiger partial charge >= 0.3 is 0 Å². The summed E-state index contributed by atoms with van der Waals surface area (Å²) in [6, 6.07) is 16.4. The number of nitrogens with two attached hydrogens (primary N) is 1. The number of primary amides is 1. The maximum atomic E-state index is 13.3. The molecule has 34 heavy (non-hydrogen) atoms. The molecule has 1 aliphatic carbocycles. The Morgan fingerprint density at radius 3 is 2.59 bits per heavy atom. The third-order valence-corrected chi connectivity index (χ3v) is 7.91. The predicted molar refractivity (Wildman–Crippen MR) is 136 cm³/mol. The summed E-state index contributed by atoms with van der Waals surface area (Å²) in [5, 5.41) is 4.32. The van der Waals surface area contributed by atoms with Crippen molar-refractivity contribution in [2.45, 2.75) is 30.8 Å². The molecule has 0 saturated heterocycles. The first-order chi connectivity index (χ1) is 16.5. The topological polar surface area (TPSA) is 107 Å². The summed E-state index contributed by atoms with van der Waals surface area (Å²) in [7, 11) is 0. The summed E-state index contributed by atoms with van der Waals surface area (Å²) in [6.07, 6.45) is 3.78. The van der Waals surface area contributed by atoms with E-state index in [1.54, 1.807) is 18.2 Å². The van der Waals surface area contributed by atoms with Crippen LogP contribution in [0.5, 0.6) is 0 Å². The molecule has 9 heteroatoms.